The van der Waals surface area contributed by atoms with Crippen molar-refractivity contribution in [2.45, 2.75) is 13.5 Å². The number of nitrogens with one attached hydrogen (secondary N) is 2. The maximum atomic E-state index is 12.5. The second-order valence-electron chi connectivity index (χ2n) is 5.31. The van der Waals surface area contributed by atoms with Gasteiger partial charge < -0.3 is 4.74 Å². The fraction of sp³-hybridized carbons (Fsp3) is 0.167. The zero-order chi connectivity index (χ0) is 17.8. The van der Waals surface area contributed by atoms with Crippen LogP contribution in [-0.4, -0.2) is 22.6 Å². The molecular weight excluding hydrogens is 320 g/mol. The number of carbonyl (C=O) groups is 1. The molecule has 2 aromatic carbocycles. The minimum absolute atomic E-state index is 0.161. The lowest BCUT2D eigenvalue weighted by molar-refractivity contribution is 0.0961. The van der Waals surface area contributed by atoms with Crippen LogP contribution in [0.15, 0.2) is 53.3 Å². The highest BCUT2D eigenvalue weighted by Crippen LogP contribution is 2.13. The van der Waals surface area contributed by atoms with Crippen molar-refractivity contribution < 1.29 is 9.53 Å². The molecule has 1 heterocycles. The number of benzene rings is 2. The molecule has 3 aromatic rings. The number of carbonyl (C=O) groups excluding carboxylic acids is 1. The fourth-order valence-corrected chi connectivity index (χ4v) is 2.51. The molecule has 0 saturated heterocycles. The van der Waals surface area contributed by atoms with Crippen LogP contribution in [0.1, 0.15) is 17.3 Å². The average Bonchev–Trinajstić information content (AvgIpc) is 2.66. The molecule has 0 bridgehead atoms. The topological polar surface area (TPSA) is 85.2 Å². The molecular formula is C18H18N4O3. The number of ether oxygens (including phenoxy) is 1. The van der Waals surface area contributed by atoms with Gasteiger partial charge in [0, 0.05) is 12.1 Å². The van der Waals surface area contributed by atoms with Crippen LogP contribution in [-0.2, 0) is 6.54 Å². The fourth-order valence-electron chi connectivity index (χ4n) is 2.51. The van der Waals surface area contributed by atoms with Crippen LogP contribution in [0.2, 0.25) is 0 Å². The Balaban J connectivity index is 1.87. The second kappa shape index (κ2) is 7.04. The van der Waals surface area contributed by atoms with Crippen LogP contribution in [0.5, 0.6) is 5.75 Å². The van der Waals surface area contributed by atoms with Gasteiger partial charge in [0.2, 0.25) is 5.95 Å². The van der Waals surface area contributed by atoms with E-state index in [2.05, 4.69) is 15.8 Å². The molecule has 1 aromatic heterocycles. The summed E-state index contributed by atoms with van der Waals surface area (Å²) in [7, 11) is 1.54. The Kier molecular flexibility index (Phi) is 4.65. The first-order valence-corrected chi connectivity index (χ1v) is 7.84. The lowest BCUT2D eigenvalue weighted by Gasteiger charge is -2.14. The molecule has 0 aliphatic rings. The standard InChI is InChI=1S/C18H18N4O3/c1-3-22-17(24)14-9-4-5-10-15(14)19-18(22)21-20-16(23)12-7-6-8-13(11-12)25-2/h4-11H,3H2,1-2H3,(H,19,21)(H,20,23). The number of methoxy groups -OCH3 is 1. The third-order valence-electron chi connectivity index (χ3n) is 3.80. The van der Waals surface area contributed by atoms with Crippen molar-refractivity contribution in [1.29, 1.82) is 0 Å². The van der Waals surface area contributed by atoms with E-state index in [-0.39, 0.29) is 17.4 Å². The molecule has 7 heteroatoms. The largest absolute Gasteiger partial charge is 0.497 e. The Morgan fingerprint density at radius 3 is 2.76 bits per heavy atom. The molecule has 0 unspecified atom stereocenters. The first-order valence-electron chi connectivity index (χ1n) is 7.84. The Labute approximate surface area is 144 Å². The molecule has 2 N–H and O–H groups in total. The number of para-hydroxylation sites is 1. The molecule has 0 fully saturated rings. The van der Waals surface area contributed by atoms with Gasteiger partial charge >= 0.3 is 0 Å². The van der Waals surface area contributed by atoms with Gasteiger partial charge in [-0.1, -0.05) is 18.2 Å². The van der Waals surface area contributed by atoms with Crippen LogP contribution in [0, 0.1) is 0 Å². The molecule has 0 aliphatic carbocycles. The Hall–Kier alpha value is -3.35. The Bertz CT molecular complexity index is 981. The van der Waals surface area contributed by atoms with Crippen molar-refractivity contribution in [3.05, 3.63) is 64.4 Å². The van der Waals surface area contributed by atoms with Crippen molar-refractivity contribution in [3.8, 4) is 5.75 Å². The van der Waals surface area contributed by atoms with Gasteiger partial charge in [0.25, 0.3) is 11.5 Å². The van der Waals surface area contributed by atoms with Crippen LogP contribution < -0.4 is 21.1 Å². The van der Waals surface area contributed by atoms with Crippen LogP contribution in [0.25, 0.3) is 10.9 Å². The van der Waals surface area contributed by atoms with Crippen LogP contribution >= 0.6 is 0 Å². The van der Waals surface area contributed by atoms with Gasteiger partial charge in [0.15, 0.2) is 0 Å². The monoisotopic (exact) mass is 338 g/mol. The van der Waals surface area contributed by atoms with Crippen molar-refractivity contribution in [3.63, 3.8) is 0 Å². The smallest absolute Gasteiger partial charge is 0.269 e. The van der Waals surface area contributed by atoms with Gasteiger partial charge in [0.1, 0.15) is 5.75 Å². The summed E-state index contributed by atoms with van der Waals surface area (Å²) in [5.74, 6) is 0.508. The third-order valence-corrected chi connectivity index (χ3v) is 3.80. The minimum Gasteiger partial charge on any atom is -0.497 e. The number of anilines is 1. The van der Waals surface area contributed by atoms with E-state index in [1.807, 2.05) is 13.0 Å². The predicted molar refractivity (Wildman–Crippen MR) is 95.8 cm³/mol. The molecule has 0 saturated carbocycles. The van der Waals surface area contributed by atoms with E-state index in [0.29, 0.717) is 28.8 Å². The van der Waals surface area contributed by atoms with E-state index in [4.69, 9.17) is 4.74 Å². The molecule has 0 aliphatic heterocycles. The summed E-state index contributed by atoms with van der Waals surface area (Å²) in [6.45, 7) is 2.26. The molecule has 3 rings (SSSR count). The van der Waals surface area contributed by atoms with Gasteiger partial charge in [-0.2, -0.15) is 0 Å². The summed E-state index contributed by atoms with van der Waals surface area (Å²) >= 11 is 0. The lowest BCUT2D eigenvalue weighted by atomic mass is 10.2. The predicted octanol–water partition coefficient (Wildman–Crippen LogP) is 2.18. The van der Waals surface area contributed by atoms with Gasteiger partial charge in [-0.25, -0.2) is 4.98 Å². The highest BCUT2D eigenvalue weighted by atomic mass is 16.5. The number of amides is 1. The first-order chi connectivity index (χ1) is 12.1. The maximum absolute atomic E-state index is 12.5. The van der Waals surface area contributed by atoms with E-state index in [0.717, 1.165) is 0 Å². The molecule has 25 heavy (non-hydrogen) atoms. The summed E-state index contributed by atoms with van der Waals surface area (Å²) in [5, 5.41) is 0.536. The van der Waals surface area contributed by atoms with Crippen molar-refractivity contribution in [2.75, 3.05) is 12.5 Å². The van der Waals surface area contributed by atoms with Gasteiger partial charge in [-0.15, -0.1) is 0 Å². The van der Waals surface area contributed by atoms with E-state index in [1.165, 1.54) is 11.7 Å². The highest BCUT2D eigenvalue weighted by molar-refractivity contribution is 5.95. The van der Waals surface area contributed by atoms with Gasteiger partial charge in [-0.05, 0) is 37.3 Å². The molecule has 7 nitrogen and oxygen atoms in total. The van der Waals surface area contributed by atoms with E-state index < -0.39 is 0 Å². The van der Waals surface area contributed by atoms with Gasteiger partial charge in [-0.3, -0.25) is 25.0 Å². The highest BCUT2D eigenvalue weighted by Gasteiger charge is 2.11. The number of hydrogen-bond acceptors (Lipinski definition) is 5. The zero-order valence-corrected chi connectivity index (χ0v) is 13.9. The molecule has 128 valence electrons. The number of hydrazine groups is 1. The van der Waals surface area contributed by atoms with Crippen molar-refractivity contribution in [2.24, 2.45) is 0 Å². The Morgan fingerprint density at radius 1 is 1.20 bits per heavy atom. The van der Waals surface area contributed by atoms with E-state index in [9.17, 15) is 9.59 Å². The van der Waals surface area contributed by atoms with Crippen LogP contribution in [0.4, 0.5) is 5.95 Å². The van der Waals surface area contributed by atoms with Gasteiger partial charge in [0.05, 0.1) is 18.0 Å². The number of aromatic nitrogens is 2. The summed E-state index contributed by atoms with van der Waals surface area (Å²) < 4.78 is 6.58. The average molecular weight is 338 g/mol. The van der Waals surface area contributed by atoms with Crippen molar-refractivity contribution in [1.82, 2.24) is 15.0 Å². The summed E-state index contributed by atoms with van der Waals surface area (Å²) in [6, 6.07) is 13.9. The number of fused-ring (bicyclic) bond motifs is 1. The second-order valence-corrected chi connectivity index (χ2v) is 5.31. The Morgan fingerprint density at radius 2 is 2.00 bits per heavy atom. The number of hydrogen-bond donors (Lipinski definition) is 2. The quantitative estimate of drug-likeness (QED) is 0.697. The molecule has 1 amide bonds. The maximum Gasteiger partial charge on any atom is 0.269 e. The van der Waals surface area contributed by atoms with Crippen LogP contribution in [0.3, 0.4) is 0 Å². The zero-order valence-electron chi connectivity index (χ0n) is 13.9. The van der Waals surface area contributed by atoms with Crippen molar-refractivity contribution >= 4 is 22.8 Å². The normalized spacial score (nSPS) is 10.5. The molecule has 0 radical (unpaired) electrons. The SMILES string of the molecule is CCn1c(NNC(=O)c2cccc(OC)c2)nc2ccccc2c1=O. The number of nitrogens with zero attached hydrogens (tertiary/aromatic N) is 2. The first kappa shape index (κ1) is 16.5. The summed E-state index contributed by atoms with van der Waals surface area (Å²) in [5.41, 5.74) is 6.14. The summed E-state index contributed by atoms with van der Waals surface area (Å²) in [4.78, 5) is 29.2. The lowest BCUT2D eigenvalue weighted by Crippen LogP contribution is -2.34. The van der Waals surface area contributed by atoms with E-state index >= 15 is 0 Å². The van der Waals surface area contributed by atoms with E-state index in [1.54, 1.807) is 42.5 Å². The summed E-state index contributed by atoms with van der Waals surface area (Å²) in [6.07, 6.45) is 0. The third kappa shape index (κ3) is 3.30. The molecule has 0 spiro atoms. The number of rotatable bonds is 5. The molecule has 0 atom stereocenters. The minimum atomic E-state index is -0.357.